The number of nitrogens with zero attached hydrogens (tertiary/aromatic N) is 2. The lowest BCUT2D eigenvalue weighted by Gasteiger charge is -2.19. The van der Waals surface area contributed by atoms with E-state index in [0.717, 1.165) is 41.8 Å². The Balaban J connectivity index is 1.40. The summed E-state index contributed by atoms with van der Waals surface area (Å²) in [7, 11) is 0. The summed E-state index contributed by atoms with van der Waals surface area (Å²) in [5.41, 5.74) is 3.10. The molecule has 2 heterocycles. The number of benzene rings is 1. The molecule has 2 aliphatic rings. The molecular formula is C23H27N3O3S. The van der Waals surface area contributed by atoms with E-state index in [1.165, 1.54) is 16.9 Å². The molecule has 2 aromatic rings. The first-order chi connectivity index (χ1) is 14.2. The molecule has 158 valence electrons. The molecule has 1 aliphatic heterocycles. The van der Waals surface area contributed by atoms with Crippen LogP contribution in [0.4, 0.5) is 5.13 Å². The summed E-state index contributed by atoms with van der Waals surface area (Å²) in [6, 6.07) is 8.25. The van der Waals surface area contributed by atoms with Crippen LogP contribution < -0.4 is 5.32 Å². The summed E-state index contributed by atoms with van der Waals surface area (Å²) in [6.07, 6.45) is 3.44. The normalized spacial score (nSPS) is 21.6. The smallest absolute Gasteiger partial charge is 0.246 e. The molecule has 6 nitrogen and oxygen atoms in total. The highest BCUT2D eigenvalue weighted by molar-refractivity contribution is 7.14. The Kier molecular flexibility index (Phi) is 5.49. The number of thiazole rings is 1. The number of hydrogen-bond donors (Lipinski definition) is 1. The minimum Gasteiger partial charge on any atom is -0.300 e. The Morgan fingerprint density at radius 2 is 1.70 bits per heavy atom. The first kappa shape index (κ1) is 20.7. The summed E-state index contributed by atoms with van der Waals surface area (Å²) in [5.74, 6) is -1.25. The van der Waals surface area contributed by atoms with Crippen molar-refractivity contribution < 1.29 is 14.4 Å². The van der Waals surface area contributed by atoms with E-state index in [1.54, 1.807) is 0 Å². The molecule has 3 amide bonds. The number of carbonyl (C=O) groups excluding carboxylic acids is 3. The zero-order chi connectivity index (χ0) is 21.5. The first-order valence-corrected chi connectivity index (χ1v) is 11.3. The Labute approximate surface area is 180 Å². The van der Waals surface area contributed by atoms with E-state index in [2.05, 4.69) is 43.2 Å². The number of hydrogen-bond acceptors (Lipinski definition) is 5. The van der Waals surface area contributed by atoms with Crippen LogP contribution >= 0.6 is 11.3 Å². The van der Waals surface area contributed by atoms with E-state index in [-0.39, 0.29) is 41.5 Å². The van der Waals surface area contributed by atoms with Crippen LogP contribution in [0.5, 0.6) is 0 Å². The monoisotopic (exact) mass is 425 g/mol. The predicted octanol–water partition coefficient (Wildman–Crippen LogP) is 4.22. The third-order valence-electron chi connectivity index (χ3n) is 6.03. The average Bonchev–Trinajstić information content (AvgIpc) is 3.27. The van der Waals surface area contributed by atoms with Crippen molar-refractivity contribution in [3.05, 3.63) is 35.2 Å². The number of fused-ring (bicyclic) bond motifs is 1. The van der Waals surface area contributed by atoms with Gasteiger partial charge in [-0.3, -0.25) is 19.3 Å². The second kappa shape index (κ2) is 7.95. The van der Waals surface area contributed by atoms with Crippen molar-refractivity contribution in [3.8, 4) is 11.3 Å². The van der Waals surface area contributed by atoms with Crippen molar-refractivity contribution in [3.63, 3.8) is 0 Å². The van der Waals surface area contributed by atoms with Crippen molar-refractivity contribution in [2.24, 2.45) is 11.8 Å². The molecule has 0 radical (unpaired) electrons. The first-order valence-electron chi connectivity index (χ1n) is 10.5. The summed E-state index contributed by atoms with van der Waals surface area (Å²) < 4.78 is 0. The van der Waals surface area contributed by atoms with Crippen LogP contribution in [-0.2, 0) is 19.8 Å². The lowest BCUT2D eigenvalue weighted by Crippen LogP contribution is -2.38. The van der Waals surface area contributed by atoms with Gasteiger partial charge in [0.1, 0.15) is 6.54 Å². The highest BCUT2D eigenvalue weighted by Gasteiger charge is 2.48. The van der Waals surface area contributed by atoms with E-state index >= 15 is 0 Å². The van der Waals surface area contributed by atoms with Gasteiger partial charge < -0.3 is 5.32 Å². The van der Waals surface area contributed by atoms with Crippen LogP contribution in [-0.4, -0.2) is 34.2 Å². The third kappa shape index (κ3) is 4.03. The van der Waals surface area contributed by atoms with Crippen molar-refractivity contribution in [1.82, 2.24) is 9.88 Å². The van der Waals surface area contributed by atoms with Crippen molar-refractivity contribution in [2.45, 2.75) is 51.9 Å². The Hall–Kier alpha value is -2.54. The molecular weight excluding hydrogens is 398 g/mol. The van der Waals surface area contributed by atoms with Gasteiger partial charge in [0.2, 0.25) is 17.7 Å². The van der Waals surface area contributed by atoms with E-state index in [9.17, 15) is 14.4 Å². The average molecular weight is 426 g/mol. The van der Waals surface area contributed by atoms with Gasteiger partial charge in [0.05, 0.1) is 17.5 Å². The summed E-state index contributed by atoms with van der Waals surface area (Å²) in [4.78, 5) is 43.2. The minimum atomic E-state index is -0.390. The Bertz CT molecular complexity index is 950. The maximum atomic E-state index is 12.5. The van der Waals surface area contributed by atoms with Crippen molar-refractivity contribution in [1.29, 1.82) is 0 Å². The number of aromatic nitrogens is 1. The van der Waals surface area contributed by atoms with Gasteiger partial charge in [0, 0.05) is 10.9 Å². The van der Waals surface area contributed by atoms with Crippen molar-refractivity contribution >= 4 is 34.2 Å². The predicted molar refractivity (Wildman–Crippen MR) is 117 cm³/mol. The van der Waals surface area contributed by atoms with Gasteiger partial charge in [-0.05, 0) is 23.8 Å². The molecule has 2 fully saturated rings. The van der Waals surface area contributed by atoms with E-state index in [4.69, 9.17) is 0 Å². The zero-order valence-corrected chi connectivity index (χ0v) is 18.4. The molecule has 0 spiro atoms. The SMILES string of the molecule is CC(C)(C)c1ccc(-c2csc(NC(=O)CN3C(=O)C4CCCCC4C3=O)n2)cc1. The zero-order valence-electron chi connectivity index (χ0n) is 17.6. The highest BCUT2D eigenvalue weighted by atomic mass is 32.1. The van der Waals surface area contributed by atoms with Gasteiger partial charge >= 0.3 is 0 Å². The summed E-state index contributed by atoms with van der Waals surface area (Å²) >= 11 is 1.33. The standard InChI is InChI=1S/C23H27N3O3S/c1-23(2,3)15-10-8-14(9-11-15)18-13-30-22(24-18)25-19(27)12-26-20(28)16-6-4-5-7-17(16)21(26)29/h8-11,13,16-17H,4-7,12H2,1-3H3,(H,24,25,27). The van der Waals surface area contributed by atoms with Crippen LogP contribution in [0, 0.1) is 11.8 Å². The number of rotatable bonds is 4. The van der Waals surface area contributed by atoms with Crippen LogP contribution in [0.15, 0.2) is 29.6 Å². The number of nitrogens with one attached hydrogen (secondary N) is 1. The van der Waals surface area contributed by atoms with Crippen LogP contribution in [0.25, 0.3) is 11.3 Å². The molecule has 2 atom stereocenters. The second-order valence-corrected chi connectivity index (χ2v) is 10.0. The molecule has 1 aliphatic carbocycles. The maximum absolute atomic E-state index is 12.5. The summed E-state index contributed by atoms with van der Waals surface area (Å²) in [6.45, 7) is 6.27. The number of likely N-dealkylation sites (tertiary alicyclic amines) is 1. The van der Waals surface area contributed by atoms with Gasteiger partial charge in [-0.1, -0.05) is 57.9 Å². The van der Waals surface area contributed by atoms with E-state index < -0.39 is 0 Å². The Morgan fingerprint density at radius 3 is 2.27 bits per heavy atom. The highest BCUT2D eigenvalue weighted by Crippen LogP contribution is 2.38. The molecule has 0 bridgehead atoms. The van der Waals surface area contributed by atoms with Crippen LogP contribution in [0.2, 0.25) is 0 Å². The van der Waals surface area contributed by atoms with Gasteiger partial charge in [-0.2, -0.15) is 0 Å². The molecule has 1 aromatic heterocycles. The van der Waals surface area contributed by atoms with Crippen LogP contribution in [0.1, 0.15) is 52.0 Å². The van der Waals surface area contributed by atoms with Gasteiger partial charge in [0.15, 0.2) is 5.13 Å². The molecule has 2 unspecified atom stereocenters. The van der Waals surface area contributed by atoms with Crippen molar-refractivity contribution in [2.75, 3.05) is 11.9 Å². The lowest BCUT2D eigenvalue weighted by atomic mass is 9.81. The van der Waals surface area contributed by atoms with E-state index in [1.807, 2.05) is 17.5 Å². The number of amides is 3. The molecule has 30 heavy (non-hydrogen) atoms. The second-order valence-electron chi connectivity index (χ2n) is 9.17. The fourth-order valence-electron chi connectivity index (χ4n) is 4.29. The van der Waals surface area contributed by atoms with Gasteiger partial charge in [-0.25, -0.2) is 4.98 Å². The minimum absolute atomic E-state index is 0.0850. The number of imide groups is 1. The fourth-order valence-corrected chi connectivity index (χ4v) is 5.03. The molecule has 1 aromatic carbocycles. The molecule has 4 rings (SSSR count). The molecule has 1 N–H and O–H groups in total. The van der Waals surface area contributed by atoms with Gasteiger partial charge in [0.25, 0.3) is 0 Å². The lowest BCUT2D eigenvalue weighted by molar-refractivity contribution is -0.142. The summed E-state index contributed by atoms with van der Waals surface area (Å²) in [5, 5.41) is 5.09. The van der Waals surface area contributed by atoms with E-state index in [0.29, 0.717) is 5.13 Å². The quantitative estimate of drug-likeness (QED) is 0.744. The molecule has 1 saturated carbocycles. The molecule has 1 saturated heterocycles. The third-order valence-corrected chi connectivity index (χ3v) is 6.79. The topological polar surface area (TPSA) is 79.4 Å². The largest absolute Gasteiger partial charge is 0.300 e. The Morgan fingerprint density at radius 1 is 1.10 bits per heavy atom. The van der Waals surface area contributed by atoms with Crippen LogP contribution in [0.3, 0.4) is 0 Å². The van der Waals surface area contributed by atoms with Gasteiger partial charge in [-0.15, -0.1) is 11.3 Å². The maximum Gasteiger partial charge on any atom is 0.246 e. The number of carbonyl (C=O) groups is 3. The number of anilines is 1. The molecule has 7 heteroatoms. The fraction of sp³-hybridized carbons (Fsp3) is 0.478.